The third kappa shape index (κ3) is 6.03. The fraction of sp³-hybridized carbons (Fsp3) is 0.296. The normalized spacial score (nSPS) is 14.3. The summed E-state index contributed by atoms with van der Waals surface area (Å²) in [5, 5.41) is 13.0. The van der Waals surface area contributed by atoms with Crippen LogP contribution < -0.4 is 11.1 Å². The average molecular weight is 465 g/mol. The van der Waals surface area contributed by atoms with Gasteiger partial charge in [0, 0.05) is 18.3 Å². The zero-order chi connectivity index (χ0) is 23.7. The molecule has 0 spiro atoms. The second-order valence-electron chi connectivity index (χ2n) is 8.00. The van der Waals surface area contributed by atoms with Gasteiger partial charge < -0.3 is 20.9 Å². The Morgan fingerprint density at radius 2 is 1.36 bits per heavy atom. The summed E-state index contributed by atoms with van der Waals surface area (Å²) in [5.41, 5.74) is 10.00. The number of methoxy groups -OCH3 is 1. The fourth-order valence-electron chi connectivity index (χ4n) is 3.92. The smallest absolute Gasteiger partial charge is 0.325 e. The molecule has 0 saturated heterocycles. The second-order valence-corrected chi connectivity index (χ2v) is 9.23. The molecule has 0 unspecified atom stereocenters. The number of hydrogen-bond acceptors (Lipinski definition) is 6. The number of aliphatic hydroxyl groups excluding tert-OH is 1. The van der Waals surface area contributed by atoms with Gasteiger partial charge in [0.05, 0.1) is 18.0 Å². The number of benzene rings is 3. The molecule has 5 nitrogen and oxygen atoms in total. The van der Waals surface area contributed by atoms with Gasteiger partial charge in [-0.3, -0.25) is 4.79 Å². The average Bonchev–Trinajstić information content (AvgIpc) is 2.86. The molecule has 3 atom stereocenters. The van der Waals surface area contributed by atoms with E-state index in [1.165, 1.54) is 23.8 Å². The SMILES string of the molecule is COC(=O)[C@H](NC[C@H](N)CSC(c1ccccc1)(c1ccccc1)c1ccccc1)[C@@H](C)O. The van der Waals surface area contributed by atoms with Crippen molar-refractivity contribution in [3.63, 3.8) is 0 Å². The van der Waals surface area contributed by atoms with Crippen LogP contribution in [0.25, 0.3) is 0 Å². The summed E-state index contributed by atoms with van der Waals surface area (Å²) >= 11 is 1.77. The molecule has 0 radical (unpaired) electrons. The van der Waals surface area contributed by atoms with Crippen LogP contribution in [0, 0.1) is 0 Å². The summed E-state index contributed by atoms with van der Waals surface area (Å²) < 4.78 is 4.34. The van der Waals surface area contributed by atoms with Gasteiger partial charge in [0.1, 0.15) is 6.04 Å². The lowest BCUT2D eigenvalue weighted by atomic mass is 9.84. The number of nitrogens with two attached hydrogens (primary N) is 1. The molecule has 0 fully saturated rings. The lowest BCUT2D eigenvalue weighted by Gasteiger charge is -2.36. The summed E-state index contributed by atoms with van der Waals surface area (Å²) in [5.74, 6) is 0.122. The molecular formula is C27H32N2O3S. The van der Waals surface area contributed by atoms with Crippen LogP contribution in [0.3, 0.4) is 0 Å². The van der Waals surface area contributed by atoms with Crippen molar-refractivity contribution >= 4 is 17.7 Å². The van der Waals surface area contributed by atoms with E-state index in [2.05, 4.69) is 78.1 Å². The van der Waals surface area contributed by atoms with Crippen LogP contribution in [0.4, 0.5) is 0 Å². The molecule has 0 aromatic heterocycles. The minimum Gasteiger partial charge on any atom is -0.468 e. The Balaban J connectivity index is 1.90. The zero-order valence-corrected chi connectivity index (χ0v) is 19.9. The highest BCUT2D eigenvalue weighted by Gasteiger charge is 2.37. The third-order valence-corrected chi connectivity index (χ3v) is 7.33. The molecule has 4 N–H and O–H groups in total. The number of esters is 1. The molecule has 3 aromatic rings. The highest BCUT2D eigenvalue weighted by atomic mass is 32.2. The topological polar surface area (TPSA) is 84.6 Å². The van der Waals surface area contributed by atoms with Gasteiger partial charge in [-0.05, 0) is 23.6 Å². The highest BCUT2D eigenvalue weighted by molar-refractivity contribution is 8.00. The van der Waals surface area contributed by atoms with Crippen molar-refractivity contribution < 1.29 is 14.6 Å². The monoisotopic (exact) mass is 464 g/mol. The van der Waals surface area contributed by atoms with E-state index in [-0.39, 0.29) is 6.04 Å². The standard InChI is InChI=1S/C27H32N2O3S/c1-20(30)25(26(31)32-2)29-18-24(28)19-33-27(21-12-6-3-7-13-21,22-14-8-4-9-15-22)23-16-10-5-11-17-23/h3-17,20,24-25,29-30H,18-19,28H2,1-2H3/t20-,24+,25-/m1/s1. The summed E-state index contributed by atoms with van der Waals surface area (Å²) in [6, 6.07) is 30.2. The first kappa shape index (κ1) is 25.0. The van der Waals surface area contributed by atoms with Crippen molar-refractivity contribution in [1.82, 2.24) is 5.32 Å². The van der Waals surface area contributed by atoms with E-state index >= 15 is 0 Å². The van der Waals surface area contributed by atoms with Crippen molar-refractivity contribution in [3.8, 4) is 0 Å². The van der Waals surface area contributed by atoms with Gasteiger partial charge in [0.2, 0.25) is 0 Å². The van der Waals surface area contributed by atoms with Gasteiger partial charge in [0.15, 0.2) is 0 Å². The predicted octanol–water partition coefficient (Wildman–Crippen LogP) is 3.55. The molecule has 0 heterocycles. The lowest BCUT2D eigenvalue weighted by Crippen LogP contribution is -2.50. The number of aliphatic hydroxyl groups is 1. The molecule has 0 aliphatic carbocycles. The summed E-state index contributed by atoms with van der Waals surface area (Å²) in [4.78, 5) is 11.9. The zero-order valence-electron chi connectivity index (χ0n) is 19.1. The maximum absolute atomic E-state index is 11.9. The van der Waals surface area contributed by atoms with Gasteiger partial charge in [-0.15, -0.1) is 11.8 Å². The van der Waals surface area contributed by atoms with Crippen molar-refractivity contribution in [1.29, 1.82) is 0 Å². The molecule has 0 amide bonds. The van der Waals surface area contributed by atoms with E-state index in [4.69, 9.17) is 10.5 Å². The maximum atomic E-state index is 11.9. The first-order chi connectivity index (χ1) is 16.0. The third-order valence-electron chi connectivity index (χ3n) is 5.59. The van der Waals surface area contributed by atoms with Crippen molar-refractivity contribution in [3.05, 3.63) is 108 Å². The van der Waals surface area contributed by atoms with Crippen LogP contribution in [0.15, 0.2) is 91.0 Å². The number of thioether (sulfide) groups is 1. The minimum atomic E-state index is -0.880. The van der Waals surface area contributed by atoms with E-state index in [9.17, 15) is 9.90 Å². The van der Waals surface area contributed by atoms with Crippen LogP contribution in [-0.2, 0) is 14.3 Å². The van der Waals surface area contributed by atoms with Gasteiger partial charge >= 0.3 is 5.97 Å². The molecule has 3 rings (SSSR count). The van der Waals surface area contributed by atoms with E-state index in [1.54, 1.807) is 18.7 Å². The second kappa shape index (κ2) is 12.0. The number of nitrogens with one attached hydrogen (secondary N) is 1. The molecule has 3 aromatic carbocycles. The highest BCUT2D eigenvalue weighted by Crippen LogP contribution is 2.48. The van der Waals surface area contributed by atoms with E-state index in [0.29, 0.717) is 12.3 Å². The van der Waals surface area contributed by atoms with E-state index < -0.39 is 22.9 Å². The van der Waals surface area contributed by atoms with Crippen LogP contribution >= 0.6 is 11.8 Å². The van der Waals surface area contributed by atoms with Gasteiger partial charge in [-0.25, -0.2) is 0 Å². The molecule has 0 aliphatic rings. The predicted molar refractivity (Wildman–Crippen MR) is 135 cm³/mol. The van der Waals surface area contributed by atoms with Crippen molar-refractivity contribution in [2.75, 3.05) is 19.4 Å². The first-order valence-corrected chi connectivity index (χ1v) is 12.0. The van der Waals surface area contributed by atoms with Gasteiger partial charge in [0.25, 0.3) is 0 Å². The van der Waals surface area contributed by atoms with Crippen molar-refractivity contribution in [2.24, 2.45) is 5.73 Å². The van der Waals surface area contributed by atoms with Gasteiger partial charge in [-0.2, -0.15) is 0 Å². The molecular weight excluding hydrogens is 432 g/mol. The molecule has 0 aliphatic heterocycles. The van der Waals surface area contributed by atoms with Crippen molar-refractivity contribution in [2.45, 2.75) is 29.9 Å². The molecule has 33 heavy (non-hydrogen) atoms. The Hall–Kier alpha value is -2.64. The molecule has 0 bridgehead atoms. The summed E-state index contributed by atoms with van der Waals surface area (Å²) in [6.45, 7) is 1.92. The lowest BCUT2D eigenvalue weighted by molar-refractivity contribution is -0.145. The van der Waals surface area contributed by atoms with Crippen LogP contribution in [0.5, 0.6) is 0 Å². The Morgan fingerprint density at radius 3 is 1.73 bits per heavy atom. The summed E-state index contributed by atoms with van der Waals surface area (Å²) in [7, 11) is 1.31. The van der Waals surface area contributed by atoms with Crippen LogP contribution in [0.1, 0.15) is 23.6 Å². The minimum absolute atomic E-state index is 0.253. The number of ether oxygens (including phenoxy) is 1. The largest absolute Gasteiger partial charge is 0.468 e. The Morgan fingerprint density at radius 1 is 0.939 bits per heavy atom. The van der Waals surface area contributed by atoms with Crippen LogP contribution in [-0.4, -0.2) is 48.7 Å². The number of carbonyl (C=O) groups is 1. The first-order valence-electron chi connectivity index (χ1n) is 11.0. The van der Waals surface area contributed by atoms with Gasteiger partial charge in [-0.1, -0.05) is 91.0 Å². The van der Waals surface area contributed by atoms with E-state index in [0.717, 1.165) is 0 Å². The number of carbonyl (C=O) groups excluding carboxylic acids is 1. The Kier molecular flexibility index (Phi) is 9.09. The number of hydrogen-bond donors (Lipinski definition) is 3. The molecule has 174 valence electrons. The fourth-order valence-corrected chi connectivity index (χ4v) is 5.41. The quantitative estimate of drug-likeness (QED) is 0.297. The maximum Gasteiger partial charge on any atom is 0.325 e. The Labute approximate surface area is 200 Å². The summed E-state index contributed by atoms with van der Waals surface area (Å²) in [6.07, 6.45) is -0.880. The van der Waals surface area contributed by atoms with Crippen LogP contribution in [0.2, 0.25) is 0 Å². The molecule has 0 saturated carbocycles. The van der Waals surface area contributed by atoms with E-state index in [1.807, 2.05) is 18.2 Å². The number of rotatable bonds is 11. The Bertz CT molecular complexity index is 887. The molecule has 6 heteroatoms.